The molecule has 2 amide bonds. The van der Waals surface area contributed by atoms with Gasteiger partial charge in [-0.3, -0.25) is 9.78 Å². The fraction of sp³-hybridized carbons (Fsp3) is 0.344. The monoisotopic (exact) mass is 627 g/mol. The van der Waals surface area contributed by atoms with Crippen molar-refractivity contribution in [3.63, 3.8) is 0 Å². The van der Waals surface area contributed by atoms with Crippen molar-refractivity contribution in [2.24, 2.45) is 5.92 Å². The summed E-state index contributed by atoms with van der Waals surface area (Å²) in [6, 6.07) is 11.6. The van der Waals surface area contributed by atoms with Crippen molar-refractivity contribution >= 4 is 45.0 Å². The number of amides is 2. The third-order valence-corrected chi connectivity index (χ3v) is 9.65. The molecule has 2 aromatic carbocycles. The molecule has 43 heavy (non-hydrogen) atoms. The molecule has 0 aliphatic heterocycles. The number of carboxylic acid groups (broad SMARTS) is 1. The highest BCUT2D eigenvalue weighted by molar-refractivity contribution is 7.21. The van der Waals surface area contributed by atoms with Crippen molar-refractivity contribution in [2.75, 3.05) is 13.7 Å². The van der Waals surface area contributed by atoms with Crippen molar-refractivity contribution in [1.29, 1.82) is 0 Å². The molecule has 0 bridgehead atoms. The lowest BCUT2D eigenvalue weighted by atomic mass is 9.85. The number of hydrogen-bond donors (Lipinski definition) is 2. The number of carbonyl (C=O) groups excluding carboxylic acids is 1. The normalized spacial score (nSPS) is 16.7. The van der Waals surface area contributed by atoms with E-state index in [-0.39, 0.29) is 38.5 Å². The molecule has 0 unspecified atom stereocenters. The number of benzene rings is 2. The maximum atomic E-state index is 14.7. The van der Waals surface area contributed by atoms with E-state index in [4.69, 9.17) is 21.4 Å². The van der Waals surface area contributed by atoms with Gasteiger partial charge in [-0.1, -0.05) is 17.7 Å². The van der Waals surface area contributed by atoms with Crippen LogP contribution in [-0.2, 0) is 6.54 Å². The molecule has 11 heteroatoms. The Labute approximate surface area is 257 Å². The molecule has 5 rings (SSSR count). The summed E-state index contributed by atoms with van der Waals surface area (Å²) in [6.45, 7) is 4.39. The molecular formula is C32H32ClF2N3O4S. The lowest BCUT2D eigenvalue weighted by Gasteiger charge is -2.37. The summed E-state index contributed by atoms with van der Waals surface area (Å²) >= 11 is 7.41. The van der Waals surface area contributed by atoms with Gasteiger partial charge in [0.05, 0.1) is 22.2 Å². The molecule has 0 radical (unpaired) electrons. The quantitative estimate of drug-likeness (QED) is 0.207. The third kappa shape index (κ3) is 6.60. The second kappa shape index (κ2) is 12.9. The largest absolute Gasteiger partial charge is 0.496 e. The molecule has 1 aliphatic carbocycles. The predicted molar refractivity (Wildman–Crippen MR) is 164 cm³/mol. The number of carbonyl (C=O) groups is 2. The molecule has 2 N–H and O–H groups in total. The Hall–Kier alpha value is -3.76. The average Bonchev–Trinajstić information content (AvgIpc) is 3.34. The second-order valence-corrected chi connectivity index (χ2v) is 12.3. The van der Waals surface area contributed by atoms with Gasteiger partial charge < -0.3 is 20.1 Å². The van der Waals surface area contributed by atoms with Gasteiger partial charge in [-0.25, -0.2) is 13.6 Å². The molecule has 0 atom stereocenters. The Bertz CT molecular complexity index is 1670. The number of aryl methyl sites for hydroxylation is 2. The number of rotatable bonds is 8. The standard InChI is InChI=1S/C32H32ClF2N3O4S/c1-17-12-21(13-18(2)37-17)20-6-11-26(42-3)22(14-20)16-38(23-7-4-19(5-8-23)15-36-32(40)41)31(39)30-28(33)27-24(34)9-10-25(35)29(27)43-30/h6,9-14,19,23,36H,4-5,7-8,15-16H2,1-3H3,(H,40,41). The first-order chi connectivity index (χ1) is 20.5. The minimum atomic E-state index is -1.07. The van der Waals surface area contributed by atoms with Crippen LogP contribution in [0.4, 0.5) is 13.6 Å². The van der Waals surface area contributed by atoms with Crippen LogP contribution in [0.1, 0.15) is 52.3 Å². The van der Waals surface area contributed by atoms with Crippen molar-refractivity contribution in [3.05, 3.63) is 81.0 Å². The van der Waals surface area contributed by atoms with Gasteiger partial charge in [0.15, 0.2) is 0 Å². The fourth-order valence-electron chi connectivity index (χ4n) is 5.89. The third-order valence-electron chi connectivity index (χ3n) is 7.97. The summed E-state index contributed by atoms with van der Waals surface area (Å²) in [4.78, 5) is 31.5. The van der Waals surface area contributed by atoms with Gasteiger partial charge >= 0.3 is 6.09 Å². The molecule has 4 aromatic rings. The molecule has 0 saturated heterocycles. The summed E-state index contributed by atoms with van der Waals surface area (Å²) in [5, 5.41) is 11.3. The molecule has 2 heterocycles. The Morgan fingerprint density at radius 3 is 2.35 bits per heavy atom. The maximum Gasteiger partial charge on any atom is 0.404 e. The summed E-state index contributed by atoms with van der Waals surface area (Å²) in [7, 11) is 1.57. The summed E-state index contributed by atoms with van der Waals surface area (Å²) < 4.78 is 35.0. The van der Waals surface area contributed by atoms with Crippen molar-refractivity contribution < 1.29 is 28.2 Å². The SMILES string of the molecule is COc1ccc(-c2cc(C)nc(C)c2)cc1CN(C(=O)c1sc2c(F)ccc(F)c2c1Cl)C1CCC(CNC(=O)O)CC1. The first-order valence-corrected chi connectivity index (χ1v) is 15.2. The van der Waals surface area contributed by atoms with Crippen LogP contribution in [0.3, 0.4) is 0 Å². The van der Waals surface area contributed by atoms with Crippen molar-refractivity contribution in [1.82, 2.24) is 15.2 Å². The molecule has 7 nitrogen and oxygen atoms in total. The zero-order valence-corrected chi connectivity index (χ0v) is 25.6. The highest BCUT2D eigenvalue weighted by atomic mass is 35.5. The lowest BCUT2D eigenvalue weighted by molar-refractivity contribution is 0.0592. The second-order valence-electron chi connectivity index (χ2n) is 10.9. The zero-order chi connectivity index (χ0) is 30.8. The number of thiophene rings is 1. The topological polar surface area (TPSA) is 91.8 Å². The van der Waals surface area contributed by atoms with E-state index in [0.717, 1.165) is 51.5 Å². The molecule has 1 saturated carbocycles. The van der Waals surface area contributed by atoms with E-state index in [9.17, 15) is 18.4 Å². The number of methoxy groups -OCH3 is 1. The van der Waals surface area contributed by atoms with Crippen LogP contribution in [0.25, 0.3) is 21.2 Å². The molecular weight excluding hydrogens is 596 g/mol. The van der Waals surface area contributed by atoms with Crippen LogP contribution in [0.15, 0.2) is 42.5 Å². The van der Waals surface area contributed by atoms with Crippen LogP contribution in [0.2, 0.25) is 5.02 Å². The number of nitrogens with one attached hydrogen (secondary N) is 1. The number of ether oxygens (including phenoxy) is 1. The van der Waals surface area contributed by atoms with E-state index >= 15 is 0 Å². The molecule has 2 aromatic heterocycles. The number of nitrogens with zero attached hydrogens (tertiary/aromatic N) is 2. The number of halogens is 3. The minimum absolute atomic E-state index is 0.000224. The molecule has 1 fully saturated rings. The van der Waals surface area contributed by atoms with Crippen molar-refractivity contribution in [3.8, 4) is 16.9 Å². The Morgan fingerprint density at radius 2 is 1.72 bits per heavy atom. The van der Waals surface area contributed by atoms with Gasteiger partial charge in [-0.2, -0.15) is 0 Å². The zero-order valence-electron chi connectivity index (χ0n) is 24.0. The highest BCUT2D eigenvalue weighted by Gasteiger charge is 2.33. The van der Waals surface area contributed by atoms with Crippen LogP contribution < -0.4 is 10.1 Å². The average molecular weight is 628 g/mol. The van der Waals surface area contributed by atoms with Crippen LogP contribution >= 0.6 is 22.9 Å². The minimum Gasteiger partial charge on any atom is -0.496 e. The van der Waals surface area contributed by atoms with Gasteiger partial charge in [-0.15, -0.1) is 11.3 Å². The summed E-state index contributed by atoms with van der Waals surface area (Å²) in [5.74, 6) is -0.996. The Morgan fingerprint density at radius 1 is 1.05 bits per heavy atom. The smallest absolute Gasteiger partial charge is 0.404 e. The highest BCUT2D eigenvalue weighted by Crippen LogP contribution is 2.41. The van der Waals surface area contributed by atoms with Gasteiger partial charge in [0.2, 0.25) is 0 Å². The number of fused-ring (bicyclic) bond motifs is 1. The van der Waals surface area contributed by atoms with Crippen molar-refractivity contribution in [2.45, 2.75) is 52.1 Å². The number of aromatic nitrogens is 1. The van der Waals surface area contributed by atoms with E-state index in [0.29, 0.717) is 38.0 Å². The first kappa shape index (κ1) is 30.7. The first-order valence-electron chi connectivity index (χ1n) is 14.0. The molecule has 226 valence electrons. The number of hydrogen-bond acceptors (Lipinski definition) is 5. The Kier molecular flexibility index (Phi) is 9.17. The van der Waals surface area contributed by atoms with Gasteiger partial charge in [-0.05, 0) is 93.0 Å². The van der Waals surface area contributed by atoms with E-state index < -0.39 is 23.6 Å². The molecule has 1 aliphatic rings. The van der Waals surface area contributed by atoms with Crippen LogP contribution in [-0.4, -0.2) is 46.7 Å². The summed E-state index contributed by atoms with van der Waals surface area (Å²) in [5.41, 5.74) is 4.46. The maximum absolute atomic E-state index is 14.7. The van der Waals surface area contributed by atoms with Gasteiger partial charge in [0.1, 0.15) is 22.3 Å². The van der Waals surface area contributed by atoms with E-state index in [1.807, 2.05) is 44.2 Å². The van der Waals surface area contributed by atoms with E-state index in [1.165, 1.54) is 0 Å². The van der Waals surface area contributed by atoms with Crippen LogP contribution in [0, 0.1) is 31.4 Å². The van der Waals surface area contributed by atoms with Crippen LogP contribution in [0.5, 0.6) is 5.75 Å². The van der Waals surface area contributed by atoms with Gasteiger partial charge in [0, 0.05) is 36.1 Å². The number of pyridine rings is 1. The van der Waals surface area contributed by atoms with E-state index in [2.05, 4.69) is 10.3 Å². The van der Waals surface area contributed by atoms with E-state index in [1.54, 1.807) is 12.0 Å². The van der Waals surface area contributed by atoms with Gasteiger partial charge in [0.25, 0.3) is 5.91 Å². The lowest BCUT2D eigenvalue weighted by Crippen LogP contribution is -2.43. The fourth-order valence-corrected chi connectivity index (χ4v) is 7.40. The molecule has 0 spiro atoms. The predicted octanol–water partition coefficient (Wildman–Crippen LogP) is 7.99. The summed E-state index contributed by atoms with van der Waals surface area (Å²) in [6.07, 6.45) is 1.63. The Balaban J connectivity index is 1.53.